The zero-order valence-corrected chi connectivity index (χ0v) is 11.4. The molecule has 3 nitrogen and oxygen atoms in total. The topological polar surface area (TPSA) is 43.4 Å². The van der Waals surface area contributed by atoms with Gasteiger partial charge in [-0.3, -0.25) is 9.36 Å². The average molecular weight is 274 g/mol. The number of rotatable bonds is 4. The molecule has 19 heavy (non-hydrogen) atoms. The Morgan fingerprint density at radius 1 is 0.842 bits per heavy atom. The smallest absolute Gasteiger partial charge is 0.310 e. The van der Waals surface area contributed by atoms with Crippen molar-refractivity contribution < 1.29 is 14.1 Å². The standard InChI is InChI=1S/C15H14O2.HOP/c16-15(11-13-7-3-1-4-8-13)17-12-14-9-5-2-6-10-14;1-2/h1-10H,11-12H2;2H. The van der Waals surface area contributed by atoms with Gasteiger partial charge in [0.15, 0.2) is 0 Å². The second-order valence-corrected chi connectivity index (χ2v) is 3.81. The Morgan fingerprint density at radius 3 is 1.84 bits per heavy atom. The van der Waals surface area contributed by atoms with Crippen molar-refractivity contribution in [3.63, 3.8) is 0 Å². The van der Waals surface area contributed by atoms with Crippen LogP contribution in [0.2, 0.25) is 0 Å². The molecule has 0 N–H and O–H groups in total. The van der Waals surface area contributed by atoms with Gasteiger partial charge in [0.25, 0.3) is 0 Å². The van der Waals surface area contributed by atoms with Crippen LogP contribution >= 0.6 is 9.12 Å². The maximum atomic E-state index is 11.6. The van der Waals surface area contributed by atoms with Gasteiger partial charge in [-0.15, -0.1) is 0 Å². The molecule has 0 amide bonds. The highest BCUT2D eigenvalue weighted by atomic mass is 31.0. The Hall–Kier alpha value is -1.99. The third kappa shape index (κ3) is 5.94. The summed E-state index contributed by atoms with van der Waals surface area (Å²) in [5, 5.41) is 0. The van der Waals surface area contributed by atoms with Gasteiger partial charge in [0.2, 0.25) is 0 Å². The molecular formula is C15H15O3P. The van der Waals surface area contributed by atoms with Crippen molar-refractivity contribution in [2.24, 2.45) is 0 Å². The van der Waals surface area contributed by atoms with Crippen molar-refractivity contribution in [1.82, 2.24) is 0 Å². The highest BCUT2D eigenvalue weighted by molar-refractivity contribution is 7.00. The summed E-state index contributed by atoms with van der Waals surface area (Å²) in [6.07, 6.45) is 0.327. The molecule has 0 bridgehead atoms. The van der Waals surface area contributed by atoms with E-state index >= 15 is 0 Å². The molecule has 2 aromatic carbocycles. The van der Waals surface area contributed by atoms with Crippen LogP contribution in [0.4, 0.5) is 0 Å². The maximum Gasteiger partial charge on any atom is 0.310 e. The van der Waals surface area contributed by atoms with Gasteiger partial charge < -0.3 is 4.74 Å². The van der Waals surface area contributed by atoms with Crippen molar-refractivity contribution in [2.45, 2.75) is 13.0 Å². The molecular weight excluding hydrogens is 259 g/mol. The minimum Gasteiger partial charge on any atom is -0.461 e. The molecule has 0 heterocycles. The molecule has 2 rings (SSSR count). The Balaban J connectivity index is 0.000000861. The predicted octanol–water partition coefficient (Wildman–Crippen LogP) is 3.45. The van der Waals surface area contributed by atoms with E-state index in [2.05, 4.69) is 0 Å². The van der Waals surface area contributed by atoms with Gasteiger partial charge in [-0.05, 0) is 11.1 Å². The lowest BCUT2D eigenvalue weighted by Crippen LogP contribution is -2.07. The Bertz CT molecular complexity index is 485. The number of carbonyl (C=O) groups excluding carboxylic acids is 1. The molecule has 0 atom stereocenters. The fourth-order valence-electron chi connectivity index (χ4n) is 1.55. The van der Waals surface area contributed by atoms with Crippen molar-refractivity contribution in [3.05, 3.63) is 71.8 Å². The summed E-state index contributed by atoms with van der Waals surface area (Å²) in [6.45, 7) is 0.340. The van der Waals surface area contributed by atoms with Gasteiger partial charge in [-0.1, -0.05) is 60.7 Å². The molecule has 0 unspecified atom stereocenters. The minimum absolute atomic E-state index is 0.194. The fraction of sp³-hybridized carbons (Fsp3) is 0.133. The first-order valence-electron chi connectivity index (χ1n) is 5.78. The molecule has 98 valence electrons. The Kier molecular flexibility index (Phi) is 7.14. The van der Waals surface area contributed by atoms with Gasteiger partial charge in [-0.25, -0.2) is 0 Å². The van der Waals surface area contributed by atoms with Crippen LogP contribution in [0.3, 0.4) is 0 Å². The van der Waals surface area contributed by atoms with Crippen LogP contribution in [0, 0.1) is 0 Å². The highest BCUT2D eigenvalue weighted by Crippen LogP contribution is 2.04. The number of hydrogen-bond acceptors (Lipinski definition) is 3. The zero-order valence-electron chi connectivity index (χ0n) is 10.4. The Labute approximate surface area is 114 Å². The summed E-state index contributed by atoms with van der Waals surface area (Å²) in [4.78, 5) is 11.6. The van der Waals surface area contributed by atoms with Crippen LogP contribution in [-0.2, 0) is 27.1 Å². The predicted molar refractivity (Wildman–Crippen MR) is 75.4 cm³/mol. The second-order valence-electron chi connectivity index (χ2n) is 3.81. The van der Waals surface area contributed by atoms with E-state index in [9.17, 15) is 4.79 Å². The molecule has 0 aliphatic heterocycles. The molecule has 0 spiro atoms. The van der Waals surface area contributed by atoms with E-state index in [-0.39, 0.29) is 5.97 Å². The van der Waals surface area contributed by atoms with Crippen LogP contribution in [0.1, 0.15) is 11.1 Å². The largest absolute Gasteiger partial charge is 0.461 e. The summed E-state index contributed by atoms with van der Waals surface area (Å²) in [7, 11) is 1.72. The van der Waals surface area contributed by atoms with Crippen molar-refractivity contribution in [3.8, 4) is 0 Å². The monoisotopic (exact) mass is 274 g/mol. The van der Waals surface area contributed by atoms with Crippen LogP contribution in [-0.4, -0.2) is 5.97 Å². The summed E-state index contributed by atoms with van der Waals surface area (Å²) in [5.74, 6) is -0.194. The first-order valence-corrected chi connectivity index (χ1v) is 6.19. The minimum atomic E-state index is -0.194. The number of carbonyl (C=O) groups is 1. The number of ether oxygens (including phenoxy) is 1. The van der Waals surface area contributed by atoms with E-state index in [4.69, 9.17) is 9.30 Å². The van der Waals surface area contributed by atoms with E-state index < -0.39 is 0 Å². The first kappa shape index (κ1) is 15.1. The molecule has 0 aromatic heterocycles. The molecule has 2 aromatic rings. The van der Waals surface area contributed by atoms with E-state index in [1.807, 2.05) is 60.7 Å². The number of esters is 1. The zero-order chi connectivity index (χ0) is 13.9. The van der Waals surface area contributed by atoms with Crippen LogP contribution < -0.4 is 0 Å². The van der Waals surface area contributed by atoms with Gasteiger partial charge in [0, 0.05) is 0 Å². The lowest BCUT2D eigenvalue weighted by molar-refractivity contribution is -0.144. The van der Waals surface area contributed by atoms with Crippen LogP contribution in [0.15, 0.2) is 60.7 Å². The average Bonchev–Trinajstić information content (AvgIpc) is 2.49. The summed E-state index contributed by atoms with van der Waals surface area (Å²) in [6, 6.07) is 19.3. The van der Waals surface area contributed by atoms with Crippen molar-refractivity contribution in [1.29, 1.82) is 0 Å². The lowest BCUT2D eigenvalue weighted by atomic mass is 10.1. The maximum absolute atomic E-state index is 11.6. The normalized spacial score (nSPS) is 9.05. The molecule has 0 radical (unpaired) electrons. The second kappa shape index (κ2) is 9.01. The quantitative estimate of drug-likeness (QED) is 0.633. The first-order chi connectivity index (χ1) is 9.34. The van der Waals surface area contributed by atoms with Crippen molar-refractivity contribution in [2.75, 3.05) is 0 Å². The van der Waals surface area contributed by atoms with E-state index in [1.165, 1.54) is 0 Å². The van der Waals surface area contributed by atoms with E-state index in [0.717, 1.165) is 11.1 Å². The summed E-state index contributed by atoms with van der Waals surface area (Å²) >= 11 is 0. The fourth-order valence-corrected chi connectivity index (χ4v) is 1.55. The number of hydrogen-bond donors (Lipinski definition) is 0. The summed E-state index contributed by atoms with van der Waals surface area (Å²) in [5.41, 5.74) is 1.99. The highest BCUT2D eigenvalue weighted by Gasteiger charge is 2.04. The van der Waals surface area contributed by atoms with Gasteiger partial charge >= 0.3 is 5.97 Å². The Morgan fingerprint density at radius 2 is 1.32 bits per heavy atom. The molecule has 0 fully saturated rings. The lowest BCUT2D eigenvalue weighted by Gasteiger charge is -2.04. The van der Waals surface area contributed by atoms with Crippen molar-refractivity contribution >= 4 is 15.1 Å². The number of benzene rings is 2. The third-order valence-electron chi connectivity index (χ3n) is 2.43. The molecule has 4 heteroatoms. The van der Waals surface area contributed by atoms with Crippen LogP contribution in [0.5, 0.6) is 0 Å². The molecule has 0 saturated carbocycles. The van der Waals surface area contributed by atoms with E-state index in [1.54, 1.807) is 9.12 Å². The van der Waals surface area contributed by atoms with E-state index in [0.29, 0.717) is 13.0 Å². The van der Waals surface area contributed by atoms with Crippen LogP contribution in [0.25, 0.3) is 0 Å². The third-order valence-corrected chi connectivity index (χ3v) is 2.43. The van der Waals surface area contributed by atoms with Gasteiger partial charge in [0.05, 0.1) is 6.42 Å². The molecule has 0 aliphatic rings. The molecule has 0 aliphatic carbocycles. The SMILES string of the molecule is O=C(Cc1ccccc1)OCc1ccccc1.O=P. The van der Waals surface area contributed by atoms with Gasteiger partial charge in [-0.2, -0.15) is 0 Å². The van der Waals surface area contributed by atoms with Gasteiger partial charge in [0.1, 0.15) is 15.7 Å². The molecule has 0 saturated heterocycles. The summed E-state index contributed by atoms with van der Waals surface area (Å²) < 4.78 is 13.2.